The van der Waals surface area contributed by atoms with Gasteiger partial charge in [0.1, 0.15) is 0 Å². The molecule has 1 aliphatic heterocycles. The smallest absolute Gasteiger partial charge is 0.0638 e. The molecule has 2 aliphatic rings. The van der Waals surface area contributed by atoms with E-state index < -0.39 is 0 Å². The highest BCUT2D eigenvalue weighted by atomic mass is 35.5. The summed E-state index contributed by atoms with van der Waals surface area (Å²) < 4.78 is 0. The molecule has 1 aromatic rings. The van der Waals surface area contributed by atoms with Crippen molar-refractivity contribution in [1.29, 1.82) is 0 Å². The van der Waals surface area contributed by atoms with Crippen LogP contribution in [-0.4, -0.2) is 40.3 Å². The molecule has 1 saturated carbocycles. The van der Waals surface area contributed by atoms with Gasteiger partial charge in [0.2, 0.25) is 0 Å². The molecule has 1 saturated heterocycles. The van der Waals surface area contributed by atoms with Gasteiger partial charge in [-0.2, -0.15) is 5.10 Å². The summed E-state index contributed by atoms with van der Waals surface area (Å²) in [5.41, 5.74) is 3.69. The van der Waals surface area contributed by atoms with Gasteiger partial charge in [0, 0.05) is 29.9 Å². The summed E-state index contributed by atoms with van der Waals surface area (Å²) in [7, 11) is 0. The zero-order chi connectivity index (χ0) is 12.5. The summed E-state index contributed by atoms with van der Waals surface area (Å²) in [5, 5.41) is 11.0. The highest BCUT2D eigenvalue weighted by Crippen LogP contribution is 2.29. The maximum absolute atomic E-state index is 4.25. The van der Waals surface area contributed by atoms with Gasteiger partial charge in [-0.1, -0.05) is 0 Å². The molecule has 2 fully saturated rings. The van der Waals surface area contributed by atoms with E-state index in [9.17, 15) is 0 Å². The number of H-pyrrole nitrogens is 1. The number of aromatic nitrogens is 2. The van der Waals surface area contributed by atoms with Gasteiger partial charge in [0.05, 0.1) is 5.69 Å². The predicted molar refractivity (Wildman–Crippen MR) is 79.8 cm³/mol. The summed E-state index contributed by atoms with van der Waals surface area (Å²) in [5.74, 6) is 0. The fourth-order valence-electron chi connectivity index (χ4n) is 2.99. The first kappa shape index (κ1) is 14.8. The van der Waals surface area contributed by atoms with Gasteiger partial charge < -0.3 is 10.2 Å². The zero-order valence-corrected chi connectivity index (χ0v) is 12.7. The zero-order valence-electron chi connectivity index (χ0n) is 11.9. The van der Waals surface area contributed by atoms with Crippen molar-refractivity contribution in [3.05, 3.63) is 17.0 Å². The Morgan fingerprint density at radius 1 is 1.21 bits per heavy atom. The van der Waals surface area contributed by atoms with Crippen LogP contribution in [0.1, 0.15) is 42.6 Å². The largest absolute Gasteiger partial charge is 0.310 e. The van der Waals surface area contributed by atoms with Crippen LogP contribution < -0.4 is 5.32 Å². The lowest BCUT2D eigenvalue weighted by Crippen LogP contribution is -2.43. The van der Waals surface area contributed by atoms with Gasteiger partial charge in [0.15, 0.2) is 0 Å². The molecule has 4 nitrogen and oxygen atoms in total. The molecule has 5 heteroatoms. The lowest BCUT2D eigenvalue weighted by atomic mass is 10.0. The van der Waals surface area contributed by atoms with E-state index >= 15 is 0 Å². The molecule has 1 aromatic heterocycles. The number of likely N-dealkylation sites (tertiary alicyclic amines) is 1. The summed E-state index contributed by atoms with van der Waals surface area (Å²) in [4.78, 5) is 2.67. The van der Waals surface area contributed by atoms with E-state index in [1.165, 1.54) is 50.0 Å². The van der Waals surface area contributed by atoms with Crippen molar-refractivity contribution in [2.24, 2.45) is 0 Å². The molecule has 1 aliphatic carbocycles. The second-order valence-electron chi connectivity index (χ2n) is 5.83. The van der Waals surface area contributed by atoms with E-state index in [0.717, 1.165) is 18.3 Å². The van der Waals surface area contributed by atoms with Crippen LogP contribution in [0.3, 0.4) is 0 Å². The topological polar surface area (TPSA) is 44.0 Å². The molecule has 0 amide bonds. The van der Waals surface area contributed by atoms with Crippen molar-refractivity contribution in [1.82, 2.24) is 20.4 Å². The predicted octanol–water partition coefficient (Wildman–Crippen LogP) is 2.16. The van der Waals surface area contributed by atoms with Gasteiger partial charge >= 0.3 is 0 Å². The molecular weight excluding hydrogens is 260 g/mol. The van der Waals surface area contributed by atoms with Crippen LogP contribution in [0, 0.1) is 13.8 Å². The molecular formula is C14H25ClN4. The monoisotopic (exact) mass is 284 g/mol. The average molecular weight is 285 g/mol. The van der Waals surface area contributed by atoms with E-state index in [-0.39, 0.29) is 12.4 Å². The van der Waals surface area contributed by atoms with Crippen molar-refractivity contribution < 1.29 is 0 Å². The third-order valence-corrected chi connectivity index (χ3v) is 4.44. The van der Waals surface area contributed by atoms with Crippen LogP contribution in [0.2, 0.25) is 0 Å². The minimum absolute atomic E-state index is 0. The molecule has 108 valence electrons. The Kier molecular flexibility index (Phi) is 4.87. The van der Waals surface area contributed by atoms with Crippen LogP contribution in [-0.2, 0) is 6.54 Å². The van der Waals surface area contributed by atoms with Crippen LogP contribution >= 0.6 is 12.4 Å². The standard InChI is InChI=1S/C14H24N4.ClH/c1-10-14(11(2)17-16-10)9-15-12-5-7-18(8-6-12)13-3-4-13;/h12-13,15H,3-9H2,1-2H3,(H,16,17);1H. The summed E-state index contributed by atoms with van der Waals surface area (Å²) in [6, 6.07) is 1.62. The number of piperidine rings is 1. The molecule has 0 aromatic carbocycles. The highest BCUT2D eigenvalue weighted by Gasteiger charge is 2.31. The van der Waals surface area contributed by atoms with Gasteiger partial charge in [-0.05, 0) is 52.6 Å². The van der Waals surface area contributed by atoms with E-state index in [2.05, 4.69) is 34.3 Å². The molecule has 0 bridgehead atoms. The van der Waals surface area contributed by atoms with E-state index in [0.29, 0.717) is 6.04 Å². The fourth-order valence-corrected chi connectivity index (χ4v) is 2.99. The first-order valence-electron chi connectivity index (χ1n) is 7.22. The summed E-state index contributed by atoms with van der Waals surface area (Å²) in [6.07, 6.45) is 5.47. The number of hydrogen-bond donors (Lipinski definition) is 2. The number of rotatable bonds is 4. The van der Waals surface area contributed by atoms with Crippen molar-refractivity contribution in [2.45, 2.75) is 58.2 Å². The lowest BCUT2D eigenvalue weighted by molar-refractivity contribution is 0.189. The molecule has 2 heterocycles. The maximum Gasteiger partial charge on any atom is 0.0638 e. The average Bonchev–Trinajstić information content (AvgIpc) is 3.17. The van der Waals surface area contributed by atoms with Gasteiger partial charge in [-0.15, -0.1) is 12.4 Å². The molecule has 3 rings (SSSR count). The van der Waals surface area contributed by atoms with E-state index in [1.807, 2.05) is 0 Å². The molecule has 0 radical (unpaired) electrons. The normalized spacial score (nSPS) is 21.4. The number of nitrogens with one attached hydrogen (secondary N) is 2. The van der Waals surface area contributed by atoms with E-state index in [4.69, 9.17) is 0 Å². The second kappa shape index (κ2) is 6.25. The molecule has 0 atom stereocenters. The Morgan fingerprint density at radius 3 is 2.42 bits per heavy atom. The van der Waals surface area contributed by atoms with Crippen molar-refractivity contribution in [3.8, 4) is 0 Å². The molecule has 19 heavy (non-hydrogen) atoms. The first-order chi connectivity index (χ1) is 8.74. The van der Waals surface area contributed by atoms with Crippen molar-refractivity contribution in [3.63, 3.8) is 0 Å². The second-order valence-corrected chi connectivity index (χ2v) is 5.83. The first-order valence-corrected chi connectivity index (χ1v) is 7.22. The summed E-state index contributed by atoms with van der Waals surface area (Å²) in [6.45, 7) is 7.71. The Labute approximate surface area is 121 Å². The Hall–Kier alpha value is -0.580. The van der Waals surface area contributed by atoms with Crippen molar-refractivity contribution in [2.75, 3.05) is 13.1 Å². The highest BCUT2D eigenvalue weighted by molar-refractivity contribution is 5.85. The minimum atomic E-state index is 0. The third kappa shape index (κ3) is 3.50. The van der Waals surface area contributed by atoms with Gasteiger partial charge in [-0.3, -0.25) is 5.10 Å². The lowest BCUT2D eigenvalue weighted by Gasteiger charge is -2.32. The van der Waals surface area contributed by atoms with Crippen molar-refractivity contribution >= 4 is 12.4 Å². The SMILES string of the molecule is Cc1n[nH]c(C)c1CNC1CCN(C2CC2)CC1.Cl. The van der Waals surface area contributed by atoms with Gasteiger partial charge in [0.25, 0.3) is 0 Å². The number of aromatic amines is 1. The molecule has 0 spiro atoms. The van der Waals surface area contributed by atoms with Crippen LogP contribution in [0.5, 0.6) is 0 Å². The van der Waals surface area contributed by atoms with Gasteiger partial charge in [-0.25, -0.2) is 0 Å². The number of hydrogen-bond acceptors (Lipinski definition) is 3. The molecule has 0 unspecified atom stereocenters. The number of halogens is 1. The Bertz CT molecular complexity index is 386. The van der Waals surface area contributed by atoms with E-state index in [1.54, 1.807) is 0 Å². The molecule has 2 N–H and O–H groups in total. The quantitative estimate of drug-likeness (QED) is 0.891. The maximum atomic E-state index is 4.25. The van der Waals surface area contributed by atoms with Crippen LogP contribution in [0.25, 0.3) is 0 Å². The summed E-state index contributed by atoms with van der Waals surface area (Å²) >= 11 is 0. The number of aryl methyl sites for hydroxylation is 2. The Balaban J connectivity index is 0.00000133. The van der Waals surface area contributed by atoms with Crippen LogP contribution in [0.15, 0.2) is 0 Å². The fraction of sp³-hybridized carbons (Fsp3) is 0.786. The number of nitrogens with zero attached hydrogens (tertiary/aromatic N) is 2. The van der Waals surface area contributed by atoms with Crippen LogP contribution in [0.4, 0.5) is 0 Å². The third-order valence-electron chi connectivity index (χ3n) is 4.44. The Morgan fingerprint density at radius 2 is 1.89 bits per heavy atom. The minimum Gasteiger partial charge on any atom is -0.310 e.